The maximum atomic E-state index is 5.28. The lowest BCUT2D eigenvalue weighted by Crippen LogP contribution is -2.00. The number of hydrogen-bond donors (Lipinski definition) is 4. The number of unbranched alkanes of at least 4 members (excludes halogenated alkanes) is 3. The number of rotatable bonds is 5. The van der Waals surface area contributed by atoms with Gasteiger partial charge in [-0.05, 0) is 25.9 Å². The standard InChI is InChI=1S/C6H16N2.CH3NS2/c7-5-3-1-2-4-6-8;2-1(3)4/h1-8H2;(H3,2,3,4). The molecule has 6 N–H and O–H groups in total. The van der Waals surface area contributed by atoms with Crippen LogP contribution >= 0.6 is 24.8 Å². The van der Waals surface area contributed by atoms with Gasteiger partial charge in [-0.3, -0.25) is 0 Å². The van der Waals surface area contributed by atoms with Gasteiger partial charge >= 0.3 is 0 Å². The first-order chi connectivity index (χ1) is 5.65. The third-order valence-corrected chi connectivity index (χ3v) is 1.16. The lowest BCUT2D eigenvalue weighted by atomic mass is 10.2. The van der Waals surface area contributed by atoms with E-state index < -0.39 is 0 Å². The van der Waals surface area contributed by atoms with Crippen LogP contribution in [-0.4, -0.2) is 17.4 Å². The molecule has 0 aromatic rings. The zero-order valence-corrected chi connectivity index (χ0v) is 9.04. The number of hydrogen-bond acceptors (Lipinski definition) is 3. The summed E-state index contributed by atoms with van der Waals surface area (Å²) in [4.78, 5) is 0. The van der Waals surface area contributed by atoms with Crippen molar-refractivity contribution in [1.29, 1.82) is 0 Å². The minimum Gasteiger partial charge on any atom is -0.385 e. The van der Waals surface area contributed by atoms with Gasteiger partial charge in [0.25, 0.3) is 0 Å². The van der Waals surface area contributed by atoms with Gasteiger partial charge in [0.15, 0.2) is 0 Å². The molecule has 12 heavy (non-hydrogen) atoms. The summed E-state index contributed by atoms with van der Waals surface area (Å²) in [6.45, 7) is 1.65. The zero-order valence-electron chi connectivity index (χ0n) is 7.33. The summed E-state index contributed by atoms with van der Waals surface area (Å²) in [6, 6.07) is 0. The van der Waals surface area contributed by atoms with E-state index in [1.807, 2.05) is 0 Å². The van der Waals surface area contributed by atoms with Gasteiger partial charge in [-0.2, -0.15) is 0 Å². The van der Waals surface area contributed by atoms with Gasteiger partial charge in [0.1, 0.15) is 4.32 Å². The predicted molar refractivity (Wildman–Crippen MR) is 62.3 cm³/mol. The maximum Gasteiger partial charge on any atom is 0.128 e. The van der Waals surface area contributed by atoms with Crippen LogP contribution in [0.3, 0.4) is 0 Å². The first kappa shape index (κ1) is 14.7. The van der Waals surface area contributed by atoms with Gasteiger partial charge < -0.3 is 17.2 Å². The Hall–Kier alpha value is 0.160. The van der Waals surface area contributed by atoms with Crippen molar-refractivity contribution in [2.75, 3.05) is 13.1 Å². The summed E-state index contributed by atoms with van der Waals surface area (Å²) in [7, 11) is 0. The molecule has 0 fully saturated rings. The first-order valence-corrected chi connectivity index (χ1v) is 4.89. The van der Waals surface area contributed by atoms with Crippen molar-refractivity contribution in [1.82, 2.24) is 0 Å². The fraction of sp³-hybridized carbons (Fsp3) is 0.857. The molecule has 0 aromatic heterocycles. The Bertz CT molecular complexity index is 88.7. The largest absolute Gasteiger partial charge is 0.385 e. The zero-order chi connectivity index (χ0) is 9.82. The lowest BCUT2D eigenvalue weighted by Gasteiger charge is -1.94. The molecule has 0 aromatic carbocycles. The Morgan fingerprint density at radius 2 is 1.25 bits per heavy atom. The minimum atomic E-state index is 0.194. The van der Waals surface area contributed by atoms with Crippen molar-refractivity contribution in [2.24, 2.45) is 17.2 Å². The molecule has 0 amide bonds. The summed E-state index contributed by atoms with van der Waals surface area (Å²) in [6.07, 6.45) is 4.79. The second-order valence-electron chi connectivity index (χ2n) is 2.33. The van der Waals surface area contributed by atoms with Crippen molar-refractivity contribution >= 4 is 29.2 Å². The van der Waals surface area contributed by atoms with E-state index in [-0.39, 0.29) is 4.32 Å². The molecular weight excluding hydrogens is 190 g/mol. The van der Waals surface area contributed by atoms with E-state index in [0.29, 0.717) is 0 Å². The quantitative estimate of drug-likeness (QED) is 0.304. The third-order valence-electron chi connectivity index (χ3n) is 1.16. The van der Waals surface area contributed by atoms with Gasteiger partial charge in [-0.1, -0.05) is 25.1 Å². The van der Waals surface area contributed by atoms with Crippen LogP contribution in [0.1, 0.15) is 25.7 Å². The average molecular weight is 209 g/mol. The highest BCUT2D eigenvalue weighted by Gasteiger charge is 1.83. The second-order valence-corrected chi connectivity index (χ2v) is 3.55. The van der Waals surface area contributed by atoms with Crippen LogP contribution in [0.25, 0.3) is 0 Å². The van der Waals surface area contributed by atoms with Crippen molar-refractivity contribution in [3.63, 3.8) is 0 Å². The van der Waals surface area contributed by atoms with Crippen molar-refractivity contribution in [3.05, 3.63) is 0 Å². The summed E-state index contributed by atoms with van der Waals surface area (Å²) < 4.78 is 0.194. The molecule has 0 aliphatic rings. The van der Waals surface area contributed by atoms with E-state index in [9.17, 15) is 0 Å². The van der Waals surface area contributed by atoms with Crippen LogP contribution in [0.15, 0.2) is 0 Å². The average Bonchev–Trinajstić information content (AvgIpc) is 1.97. The lowest BCUT2D eigenvalue weighted by molar-refractivity contribution is 0.653. The molecule has 0 spiro atoms. The van der Waals surface area contributed by atoms with Crippen LogP contribution in [0.2, 0.25) is 0 Å². The molecule has 0 radical (unpaired) electrons. The Balaban J connectivity index is 0. The highest BCUT2D eigenvalue weighted by Crippen LogP contribution is 1.95. The van der Waals surface area contributed by atoms with E-state index >= 15 is 0 Å². The van der Waals surface area contributed by atoms with E-state index in [4.69, 9.17) is 17.2 Å². The Morgan fingerprint density at radius 1 is 1.00 bits per heavy atom. The van der Waals surface area contributed by atoms with Crippen molar-refractivity contribution in [2.45, 2.75) is 25.7 Å². The highest BCUT2D eigenvalue weighted by atomic mass is 32.1. The van der Waals surface area contributed by atoms with E-state index in [2.05, 4.69) is 24.8 Å². The topological polar surface area (TPSA) is 78.1 Å². The number of nitrogens with two attached hydrogens (primary N) is 3. The first-order valence-electron chi connectivity index (χ1n) is 4.03. The molecule has 0 heterocycles. The van der Waals surface area contributed by atoms with Gasteiger partial charge in [0, 0.05) is 0 Å². The third kappa shape index (κ3) is 32.0. The monoisotopic (exact) mass is 209 g/mol. The molecule has 0 atom stereocenters. The van der Waals surface area contributed by atoms with Crippen LogP contribution < -0.4 is 17.2 Å². The minimum absolute atomic E-state index is 0.194. The van der Waals surface area contributed by atoms with Crippen LogP contribution in [-0.2, 0) is 0 Å². The fourth-order valence-corrected chi connectivity index (χ4v) is 0.642. The van der Waals surface area contributed by atoms with Gasteiger partial charge in [-0.25, -0.2) is 0 Å². The summed E-state index contributed by atoms with van der Waals surface area (Å²) in [5, 5.41) is 0. The molecule has 0 saturated carbocycles. The summed E-state index contributed by atoms with van der Waals surface area (Å²) in [5.74, 6) is 0. The number of thiocarbonyl (C=S) groups is 1. The Labute approximate surface area is 85.5 Å². The van der Waals surface area contributed by atoms with E-state index in [1.165, 1.54) is 12.8 Å². The Morgan fingerprint density at radius 3 is 1.42 bits per heavy atom. The molecular formula is C7H19N3S2. The van der Waals surface area contributed by atoms with Gasteiger partial charge in [0.2, 0.25) is 0 Å². The molecule has 0 rings (SSSR count). The smallest absolute Gasteiger partial charge is 0.128 e. The van der Waals surface area contributed by atoms with E-state index in [0.717, 1.165) is 25.9 Å². The fourth-order valence-electron chi connectivity index (χ4n) is 0.642. The normalized spacial score (nSPS) is 8.58. The maximum absolute atomic E-state index is 5.28. The van der Waals surface area contributed by atoms with Gasteiger partial charge in [0.05, 0.1) is 0 Å². The molecule has 74 valence electrons. The molecule has 0 saturated heterocycles. The second kappa shape index (κ2) is 13.7. The molecule has 0 aliphatic carbocycles. The summed E-state index contributed by atoms with van der Waals surface area (Å²) in [5.41, 5.74) is 15.3. The molecule has 3 nitrogen and oxygen atoms in total. The summed E-state index contributed by atoms with van der Waals surface area (Å²) >= 11 is 7.65. The van der Waals surface area contributed by atoms with Crippen LogP contribution in [0.5, 0.6) is 0 Å². The number of thiol groups is 1. The molecule has 0 unspecified atom stereocenters. The van der Waals surface area contributed by atoms with Crippen molar-refractivity contribution in [3.8, 4) is 0 Å². The van der Waals surface area contributed by atoms with Gasteiger partial charge in [-0.15, -0.1) is 12.6 Å². The van der Waals surface area contributed by atoms with Crippen LogP contribution in [0.4, 0.5) is 0 Å². The van der Waals surface area contributed by atoms with Crippen LogP contribution in [0, 0.1) is 0 Å². The molecule has 0 aliphatic heterocycles. The molecule has 0 bridgehead atoms. The Kier molecular flexibility index (Phi) is 16.8. The van der Waals surface area contributed by atoms with E-state index in [1.54, 1.807) is 0 Å². The predicted octanol–water partition coefficient (Wildman–Crippen LogP) is 0.624. The molecule has 5 heteroatoms. The SMILES string of the molecule is NC(=S)S.NCCCCCCN. The van der Waals surface area contributed by atoms with Crippen molar-refractivity contribution < 1.29 is 0 Å². The highest BCUT2D eigenvalue weighted by molar-refractivity contribution is 8.10.